The zero-order valence-electron chi connectivity index (χ0n) is 44.1. The van der Waals surface area contributed by atoms with E-state index >= 15 is 0 Å². The number of carbonyl (C=O) groups is 2. The summed E-state index contributed by atoms with van der Waals surface area (Å²) in [5.41, 5.74) is 0. The van der Waals surface area contributed by atoms with Crippen LogP contribution in [0.5, 0.6) is 0 Å². The van der Waals surface area contributed by atoms with Crippen molar-refractivity contribution in [1.29, 1.82) is 0 Å². The molecule has 1 aliphatic rings. The molecule has 0 bridgehead atoms. The van der Waals surface area contributed by atoms with Crippen LogP contribution in [0.1, 0.15) is 245 Å². The first-order valence-corrected chi connectivity index (χ1v) is 29.8. The summed E-state index contributed by atoms with van der Waals surface area (Å²) >= 11 is 0. The second-order valence-corrected chi connectivity index (χ2v) is 21.1. The van der Waals surface area contributed by atoms with Gasteiger partial charge in [0.25, 0.3) is 10.1 Å². The zero-order valence-corrected chi connectivity index (χ0v) is 44.9. The topological polar surface area (TPSA) is 186 Å². The third kappa shape index (κ3) is 40.1. The van der Waals surface area contributed by atoms with E-state index in [0.29, 0.717) is 19.3 Å². The highest BCUT2D eigenvalue weighted by molar-refractivity contribution is 7.85. The Labute approximate surface area is 426 Å². The van der Waals surface area contributed by atoms with Crippen LogP contribution >= 0.6 is 0 Å². The molecule has 70 heavy (non-hydrogen) atoms. The molecule has 0 aromatic carbocycles. The first-order chi connectivity index (χ1) is 34.0. The van der Waals surface area contributed by atoms with Gasteiger partial charge in [-0.1, -0.05) is 204 Å². The lowest BCUT2D eigenvalue weighted by molar-refractivity contribution is -0.297. The van der Waals surface area contributed by atoms with E-state index in [9.17, 15) is 37.9 Å². The Kier molecular flexibility index (Phi) is 43.5. The van der Waals surface area contributed by atoms with Gasteiger partial charge < -0.3 is 34.3 Å². The molecule has 408 valence electrons. The summed E-state index contributed by atoms with van der Waals surface area (Å²) < 4.78 is 54.3. The minimum Gasteiger partial charge on any atom is -0.462 e. The molecule has 0 aromatic heterocycles. The summed E-state index contributed by atoms with van der Waals surface area (Å²) in [6.07, 6.45) is 48.8. The van der Waals surface area contributed by atoms with Gasteiger partial charge in [-0.05, 0) is 77.0 Å². The van der Waals surface area contributed by atoms with E-state index < -0.39 is 71.2 Å². The standard InChI is InChI=1S/C57H102O12S/c1-3-5-7-9-11-13-15-17-19-21-23-24-25-26-28-30-32-34-36-38-40-42-44-46-53(59)68-50(48-67-57-56(62)55(61)54(60)51(69-57)49-70(63,64)65)47-66-52(58)45-43-41-39-37-35-33-31-29-27-22-20-18-16-14-12-10-8-6-4-2/h12,14,18,20,30,32,38,40,50-51,54-57,60-62H,3-11,13,15-17,19,21-29,31,33-37,39,41-49H2,1-2H3,(H,63,64,65)/b14-12+,20-18+,32-30+,40-38+/t50-,51-,54-,55?,56?,57+/m1/s1. The monoisotopic (exact) mass is 1010 g/mol. The van der Waals surface area contributed by atoms with Crippen molar-refractivity contribution in [3.8, 4) is 0 Å². The highest BCUT2D eigenvalue weighted by Crippen LogP contribution is 2.24. The third-order valence-corrected chi connectivity index (χ3v) is 13.6. The molecule has 1 fully saturated rings. The lowest BCUT2D eigenvalue weighted by Crippen LogP contribution is -2.60. The third-order valence-electron chi connectivity index (χ3n) is 12.9. The zero-order chi connectivity index (χ0) is 51.2. The van der Waals surface area contributed by atoms with Gasteiger partial charge in [-0.2, -0.15) is 8.42 Å². The average Bonchev–Trinajstić information content (AvgIpc) is 3.33. The highest BCUT2D eigenvalue weighted by atomic mass is 32.2. The van der Waals surface area contributed by atoms with Gasteiger partial charge in [-0.25, -0.2) is 0 Å². The quantitative estimate of drug-likeness (QED) is 0.0196. The van der Waals surface area contributed by atoms with Gasteiger partial charge in [0.1, 0.15) is 36.8 Å². The van der Waals surface area contributed by atoms with Crippen LogP contribution in [0.15, 0.2) is 48.6 Å². The smallest absolute Gasteiger partial charge is 0.306 e. The minimum absolute atomic E-state index is 0.104. The number of hydrogen-bond acceptors (Lipinski definition) is 11. The largest absolute Gasteiger partial charge is 0.462 e. The molecule has 1 saturated heterocycles. The second-order valence-electron chi connectivity index (χ2n) is 19.6. The fourth-order valence-electron chi connectivity index (χ4n) is 8.49. The molecule has 1 rings (SSSR count). The van der Waals surface area contributed by atoms with Gasteiger partial charge in [0.15, 0.2) is 12.4 Å². The van der Waals surface area contributed by atoms with Gasteiger partial charge in [-0.15, -0.1) is 0 Å². The van der Waals surface area contributed by atoms with Crippen molar-refractivity contribution in [2.45, 2.75) is 282 Å². The Hall–Kier alpha value is -2.39. The van der Waals surface area contributed by atoms with Crippen molar-refractivity contribution >= 4 is 22.1 Å². The molecule has 0 aromatic rings. The van der Waals surface area contributed by atoms with Crippen LogP contribution in [0.2, 0.25) is 0 Å². The summed E-state index contributed by atoms with van der Waals surface area (Å²) in [6, 6.07) is 0. The van der Waals surface area contributed by atoms with E-state index in [2.05, 4.69) is 62.5 Å². The van der Waals surface area contributed by atoms with Crippen LogP contribution < -0.4 is 0 Å². The van der Waals surface area contributed by atoms with E-state index in [1.165, 1.54) is 148 Å². The number of esters is 2. The molecular weight excluding hydrogens is 909 g/mol. The Morgan fingerprint density at radius 3 is 1.39 bits per heavy atom. The number of aliphatic hydroxyl groups is 3. The van der Waals surface area contributed by atoms with Crippen LogP contribution in [0.3, 0.4) is 0 Å². The number of ether oxygens (including phenoxy) is 4. The van der Waals surface area contributed by atoms with Gasteiger partial charge in [0.05, 0.1) is 6.61 Å². The lowest BCUT2D eigenvalue weighted by atomic mass is 10.00. The predicted molar refractivity (Wildman–Crippen MR) is 284 cm³/mol. The number of aliphatic hydroxyl groups excluding tert-OH is 3. The van der Waals surface area contributed by atoms with Crippen molar-refractivity contribution < 1.29 is 56.8 Å². The maximum Gasteiger partial charge on any atom is 0.306 e. The molecule has 1 heterocycles. The average molecular weight is 1010 g/mol. The second kappa shape index (κ2) is 46.4. The van der Waals surface area contributed by atoms with Crippen molar-refractivity contribution in [3.63, 3.8) is 0 Å². The van der Waals surface area contributed by atoms with Gasteiger partial charge in [0, 0.05) is 12.8 Å². The van der Waals surface area contributed by atoms with Crippen molar-refractivity contribution in [1.82, 2.24) is 0 Å². The molecule has 0 radical (unpaired) electrons. The summed E-state index contributed by atoms with van der Waals surface area (Å²) in [6.45, 7) is 3.74. The summed E-state index contributed by atoms with van der Waals surface area (Å²) in [5.74, 6) is -2.04. The first-order valence-electron chi connectivity index (χ1n) is 28.2. The fraction of sp³-hybridized carbons (Fsp3) is 0.825. The Morgan fingerprint density at radius 1 is 0.486 bits per heavy atom. The van der Waals surface area contributed by atoms with Crippen molar-refractivity contribution in [2.24, 2.45) is 0 Å². The van der Waals surface area contributed by atoms with Gasteiger partial charge in [0.2, 0.25) is 0 Å². The van der Waals surface area contributed by atoms with Crippen LogP contribution in [0.4, 0.5) is 0 Å². The van der Waals surface area contributed by atoms with E-state index in [-0.39, 0.29) is 19.4 Å². The summed E-state index contributed by atoms with van der Waals surface area (Å²) in [7, 11) is -4.61. The minimum atomic E-state index is -4.61. The maximum absolute atomic E-state index is 12.9. The van der Waals surface area contributed by atoms with Gasteiger partial charge in [-0.3, -0.25) is 14.1 Å². The normalized spacial score (nSPS) is 19.3. The van der Waals surface area contributed by atoms with Crippen LogP contribution in [0.25, 0.3) is 0 Å². The molecule has 0 saturated carbocycles. The molecule has 6 atom stereocenters. The fourth-order valence-corrected chi connectivity index (χ4v) is 9.18. The SMILES string of the molecule is CCCCC/C=C/C/C=C/CCCCCCCCCCCC(=O)OC[C@H](CO[C@H]1O[C@H](CS(=O)(=O)O)[C@@H](O)C(O)C1O)OC(=O)CCC/C=C/CC/C=C/CCCCCCCCCCCCCCCC. The number of unbranched alkanes of at least 4 members (excludes halogenated alkanes) is 28. The molecule has 4 N–H and O–H groups in total. The van der Waals surface area contributed by atoms with Crippen LogP contribution in [-0.4, -0.2) is 96.0 Å². The Morgan fingerprint density at radius 2 is 0.886 bits per heavy atom. The molecular formula is C57H102O12S. The molecule has 13 heteroatoms. The maximum atomic E-state index is 12.9. The number of carbonyl (C=O) groups excluding carboxylic acids is 2. The highest BCUT2D eigenvalue weighted by Gasteiger charge is 2.46. The molecule has 0 aliphatic carbocycles. The van der Waals surface area contributed by atoms with Crippen molar-refractivity contribution in [3.05, 3.63) is 48.6 Å². The van der Waals surface area contributed by atoms with E-state index in [1.807, 2.05) is 0 Å². The van der Waals surface area contributed by atoms with Crippen LogP contribution in [-0.2, 0) is 38.7 Å². The Balaban J connectivity index is 2.35. The predicted octanol–water partition coefficient (Wildman–Crippen LogP) is 13.5. The lowest BCUT2D eigenvalue weighted by Gasteiger charge is -2.40. The van der Waals surface area contributed by atoms with E-state index in [0.717, 1.165) is 51.4 Å². The number of allylic oxidation sites excluding steroid dienone is 8. The summed E-state index contributed by atoms with van der Waals surface area (Å²) in [5, 5.41) is 31.0. The van der Waals surface area contributed by atoms with Crippen molar-refractivity contribution in [2.75, 3.05) is 19.0 Å². The van der Waals surface area contributed by atoms with Crippen LogP contribution in [0, 0.1) is 0 Å². The molecule has 2 unspecified atom stereocenters. The van der Waals surface area contributed by atoms with E-state index in [4.69, 9.17) is 18.9 Å². The summed E-state index contributed by atoms with van der Waals surface area (Å²) in [4.78, 5) is 25.6. The number of hydrogen-bond donors (Lipinski definition) is 4. The number of rotatable bonds is 48. The molecule has 0 amide bonds. The molecule has 12 nitrogen and oxygen atoms in total. The Bertz CT molecular complexity index is 1460. The van der Waals surface area contributed by atoms with Gasteiger partial charge >= 0.3 is 11.9 Å². The first kappa shape index (κ1) is 65.6. The molecule has 1 aliphatic heterocycles. The van der Waals surface area contributed by atoms with E-state index in [1.54, 1.807) is 0 Å². The molecule has 0 spiro atoms.